The Morgan fingerprint density at radius 3 is 2.74 bits per heavy atom. The van der Waals surface area contributed by atoms with E-state index in [1.54, 1.807) is 6.20 Å². The van der Waals surface area contributed by atoms with Crippen LogP contribution in [-0.2, 0) is 6.54 Å². The zero-order valence-corrected chi connectivity index (χ0v) is 13.7. The average Bonchev–Trinajstić information content (AvgIpc) is 3.23. The first kappa shape index (κ1) is 15.7. The molecule has 122 valence electrons. The smallest absolute Gasteiger partial charge is 0.354 e. The van der Waals surface area contributed by atoms with Gasteiger partial charge in [0, 0.05) is 18.2 Å². The van der Waals surface area contributed by atoms with Gasteiger partial charge in [-0.3, -0.25) is 9.58 Å². The van der Waals surface area contributed by atoms with E-state index in [1.807, 2.05) is 19.1 Å². The minimum absolute atomic E-state index is 0.262. The number of carboxylic acids is 1. The lowest BCUT2D eigenvalue weighted by Crippen LogP contribution is -2.23. The molecule has 1 unspecified atom stereocenters. The number of rotatable bonds is 5. The van der Waals surface area contributed by atoms with Crippen molar-refractivity contribution in [3.05, 3.63) is 41.7 Å². The summed E-state index contributed by atoms with van der Waals surface area (Å²) in [4.78, 5) is 14.1. The lowest BCUT2D eigenvalue weighted by atomic mass is 9.99. The Balaban J connectivity index is 1.97. The van der Waals surface area contributed by atoms with Gasteiger partial charge in [-0.15, -0.1) is 0 Å². The number of hydrogen-bond acceptors (Lipinski definition) is 3. The summed E-state index contributed by atoms with van der Waals surface area (Å²) in [6.07, 6.45) is 4.18. The fourth-order valence-electron chi connectivity index (χ4n) is 3.37. The van der Waals surface area contributed by atoms with Gasteiger partial charge in [-0.1, -0.05) is 18.2 Å². The Morgan fingerprint density at radius 1 is 1.35 bits per heavy atom. The van der Waals surface area contributed by atoms with Crippen molar-refractivity contribution in [2.75, 3.05) is 13.1 Å². The second-order valence-electron chi connectivity index (χ2n) is 6.07. The minimum atomic E-state index is -0.933. The summed E-state index contributed by atoms with van der Waals surface area (Å²) in [5.41, 5.74) is 3.10. The second kappa shape index (κ2) is 6.54. The summed E-state index contributed by atoms with van der Waals surface area (Å²) >= 11 is 0. The summed E-state index contributed by atoms with van der Waals surface area (Å²) in [6.45, 7) is 6.94. The summed E-state index contributed by atoms with van der Waals surface area (Å²) < 4.78 is 1.54. The molecule has 1 aliphatic heterocycles. The first-order valence-corrected chi connectivity index (χ1v) is 8.25. The lowest BCUT2D eigenvalue weighted by Gasteiger charge is -2.24. The molecule has 3 rings (SSSR count). The zero-order chi connectivity index (χ0) is 16.4. The molecule has 23 heavy (non-hydrogen) atoms. The highest BCUT2D eigenvalue weighted by Gasteiger charge is 2.22. The molecule has 1 atom stereocenters. The molecule has 0 aliphatic carbocycles. The molecule has 2 aromatic rings. The van der Waals surface area contributed by atoms with Crippen molar-refractivity contribution in [3.63, 3.8) is 0 Å². The van der Waals surface area contributed by atoms with Gasteiger partial charge in [-0.25, -0.2) is 4.79 Å². The fraction of sp³-hybridized carbons (Fsp3) is 0.444. The van der Waals surface area contributed by atoms with Gasteiger partial charge in [0.15, 0.2) is 5.69 Å². The Morgan fingerprint density at radius 2 is 2.09 bits per heavy atom. The largest absolute Gasteiger partial charge is 0.477 e. The van der Waals surface area contributed by atoms with Gasteiger partial charge in [-0.2, -0.15) is 5.10 Å². The van der Waals surface area contributed by atoms with Crippen LogP contribution in [0.3, 0.4) is 0 Å². The third-order valence-corrected chi connectivity index (χ3v) is 4.71. The summed E-state index contributed by atoms with van der Waals surface area (Å²) in [5.74, 6) is -0.933. The quantitative estimate of drug-likeness (QED) is 0.919. The molecule has 1 aliphatic rings. The lowest BCUT2D eigenvalue weighted by molar-refractivity contribution is 0.0684. The number of carboxylic acid groups (broad SMARTS) is 1. The standard InChI is InChI=1S/C18H23N3O2/c1-3-21-17(18(22)23)16(12-19-21)15-8-6-7-14(11-15)13(2)20-9-4-5-10-20/h6-8,11-13H,3-5,9-10H2,1-2H3,(H,22,23). The predicted molar refractivity (Wildman–Crippen MR) is 89.5 cm³/mol. The third-order valence-electron chi connectivity index (χ3n) is 4.71. The number of carbonyl (C=O) groups is 1. The van der Waals surface area contributed by atoms with Gasteiger partial charge >= 0.3 is 5.97 Å². The SMILES string of the molecule is CCn1ncc(-c2cccc(C(C)N3CCCC3)c2)c1C(=O)O. The Bertz CT molecular complexity index is 702. The van der Waals surface area contributed by atoms with Crippen LogP contribution in [0.5, 0.6) is 0 Å². The second-order valence-corrected chi connectivity index (χ2v) is 6.07. The third kappa shape index (κ3) is 3.01. The van der Waals surface area contributed by atoms with Gasteiger partial charge in [-0.05, 0) is 57.0 Å². The maximum atomic E-state index is 11.6. The first-order valence-electron chi connectivity index (χ1n) is 8.25. The normalized spacial score (nSPS) is 16.6. The van der Waals surface area contributed by atoms with E-state index in [1.165, 1.54) is 23.1 Å². The van der Waals surface area contributed by atoms with Crippen molar-refractivity contribution in [2.45, 2.75) is 39.3 Å². The molecule has 1 aromatic heterocycles. The molecule has 1 fully saturated rings. The minimum Gasteiger partial charge on any atom is -0.477 e. The van der Waals surface area contributed by atoms with Crippen molar-refractivity contribution in [1.29, 1.82) is 0 Å². The topological polar surface area (TPSA) is 58.4 Å². The predicted octanol–water partition coefficient (Wildman–Crippen LogP) is 3.43. The van der Waals surface area contributed by atoms with Crippen molar-refractivity contribution in [3.8, 4) is 11.1 Å². The maximum Gasteiger partial charge on any atom is 0.354 e. The molecule has 1 N–H and O–H groups in total. The van der Waals surface area contributed by atoms with E-state index < -0.39 is 5.97 Å². The summed E-state index contributed by atoms with van der Waals surface area (Å²) in [7, 11) is 0. The van der Waals surface area contributed by atoms with Crippen LogP contribution in [0.15, 0.2) is 30.5 Å². The van der Waals surface area contributed by atoms with Crippen molar-refractivity contribution in [2.24, 2.45) is 0 Å². The maximum absolute atomic E-state index is 11.6. The molecule has 1 saturated heterocycles. The van der Waals surface area contributed by atoms with Crippen LogP contribution in [0, 0.1) is 0 Å². The van der Waals surface area contributed by atoms with Gasteiger partial charge < -0.3 is 5.11 Å². The van der Waals surface area contributed by atoms with Crippen molar-refractivity contribution < 1.29 is 9.90 Å². The van der Waals surface area contributed by atoms with E-state index in [0.29, 0.717) is 18.2 Å². The molecular weight excluding hydrogens is 290 g/mol. The molecule has 0 radical (unpaired) electrons. The molecule has 0 saturated carbocycles. The number of hydrogen-bond donors (Lipinski definition) is 1. The van der Waals surface area contributed by atoms with Crippen LogP contribution >= 0.6 is 0 Å². The Hall–Kier alpha value is -2.14. The van der Waals surface area contributed by atoms with Gasteiger partial charge in [0.2, 0.25) is 0 Å². The summed E-state index contributed by atoms with van der Waals surface area (Å²) in [5, 5.41) is 13.7. The van der Waals surface area contributed by atoms with E-state index >= 15 is 0 Å². The molecule has 0 amide bonds. The van der Waals surface area contributed by atoms with E-state index in [4.69, 9.17) is 0 Å². The van der Waals surface area contributed by atoms with Crippen LogP contribution in [0.1, 0.15) is 48.8 Å². The van der Waals surface area contributed by atoms with Crippen LogP contribution in [0.25, 0.3) is 11.1 Å². The molecule has 1 aromatic carbocycles. The average molecular weight is 313 g/mol. The first-order chi connectivity index (χ1) is 11.1. The molecule has 0 spiro atoms. The number of likely N-dealkylation sites (tertiary alicyclic amines) is 1. The van der Waals surface area contributed by atoms with E-state index in [9.17, 15) is 9.90 Å². The molecule has 0 bridgehead atoms. The molecule has 5 nitrogen and oxygen atoms in total. The van der Waals surface area contributed by atoms with E-state index in [-0.39, 0.29) is 5.69 Å². The van der Waals surface area contributed by atoms with Gasteiger partial charge in [0.1, 0.15) is 0 Å². The zero-order valence-electron chi connectivity index (χ0n) is 13.7. The highest BCUT2D eigenvalue weighted by Crippen LogP contribution is 2.30. The monoisotopic (exact) mass is 313 g/mol. The van der Waals surface area contributed by atoms with E-state index in [0.717, 1.165) is 18.7 Å². The number of aromatic carboxylic acids is 1. The van der Waals surface area contributed by atoms with Crippen LogP contribution in [0.4, 0.5) is 0 Å². The molecule has 5 heteroatoms. The summed E-state index contributed by atoms with van der Waals surface area (Å²) in [6, 6.07) is 8.55. The highest BCUT2D eigenvalue weighted by atomic mass is 16.4. The van der Waals surface area contributed by atoms with Gasteiger partial charge in [0.05, 0.1) is 6.20 Å². The Labute approximate surface area is 136 Å². The number of benzene rings is 1. The number of aryl methyl sites for hydroxylation is 1. The Kier molecular flexibility index (Phi) is 4.48. The highest BCUT2D eigenvalue weighted by molar-refractivity contribution is 5.94. The van der Waals surface area contributed by atoms with Gasteiger partial charge in [0.25, 0.3) is 0 Å². The fourth-order valence-corrected chi connectivity index (χ4v) is 3.37. The van der Waals surface area contributed by atoms with E-state index in [2.05, 4.69) is 29.1 Å². The van der Waals surface area contributed by atoms with Crippen LogP contribution in [0.2, 0.25) is 0 Å². The van der Waals surface area contributed by atoms with Crippen LogP contribution < -0.4 is 0 Å². The molecule has 2 heterocycles. The van der Waals surface area contributed by atoms with Crippen LogP contribution in [-0.4, -0.2) is 38.8 Å². The number of aromatic nitrogens is 2. The van der Waals surface area contributed by atoms with Crippen molar-refractivity contribution >= 4 is 5.97 Å². The number of nitrogens with zero attached hydrogens (tertiary/aromatic N) is 3. The van der Waals surface area contributed by atoms with Crippen molar-refractivity contribution in [1.82, 2.24) is 14.7 Å². The molecular formula is C18H23N3O2.